The molecule has 3 atom stereocenters. The van der Waals surface area contributed by atoms with Crippen LogP contribution in [0.15, 0.2) is 38.4 Å². The van der Waals surface area contributed by atoms with Gasteiger partial charge in [0.1, 0.15) is 22.5 Å². The third-order valence-corrected chi connectivity index (χ3v) is 8.34. The van der Waals surface area contributed by atoms with Crippen LogP contribution in [0.5, 0.6) is 5.75 Å². The number of aromatic amines is 1. The van der Waals surface area contributed by atoms with Gasteiger partial charge in [0.25, 0.3) is 0 Å². The number of fused-ring (bicyclic) bond motifs is 1. The molecule has 0 saturated heterocycles. The van der Waals surface area contributed by atoms with Crippen molar-refractivity contribution in [1.29, 1.82) is 0 Å². The standard InChI is InChI=1S/C22H23Cl2FN4O5S/c1-10-12(23)4-6-14(25)16(10)11(2)18(20-27-28-21(30)34-20)29-35(31,32)15-7-5-13(24)17-19(15)33-9-8-22(17,3)26/h4-7,11,18,29H,8-9,26H2,1-3H3,(H,28,30)/t11-,18+,22+/m1/s1. The Bertz CT molecular complexity index is 1450. The van der Waals surface area contributed by atoms with Crippen LogP contribution in [0.4, 0.5) is 4.39 Å². The number of halogens is 3. The van der Waals surface area contributed by atoms with Crippen LogP contribution in [0.2, 0.25) is 10.0 Å². The third kappa shape index (κ3) is 4.70. The van der Waals surface area contributed by atoms with Crippen molar-refractivity contribution < 1.29 is 22.0 Å². The SMILES string of the molecule is Cc1c(Cl)ccc(F)c1[C@@H](C)[C@H](NS(=O)(=O)c1ccc(Cl)c2c1OCC[C@]2(C)N)c1n[nH]c(=O)o1. The van der Waals surface area contributed by atoms with Gasteiger partial charge in [-0.1, -0.05) is 30.1 Å². The van der Waals surface area contributed by atoms with Crippen LogP contribution in [-0.2, 0) is 15.6 Å². The Balaban J connectivity index is 1.84. The minimum Gasteiger partial charge on any atom is -0.492 e. The minimum absolute atomic E-state index is 0.0289. The molecule has 0 unspecified atom stereocenters. The lowest BCUT2D eigenvalue weighted by molar-refractivity contribution is 0.221. The van der Waals surface area contributed by atoms with Gasteiger partial charge >= 0.3 is 5.76 Å². The van der Waals surface area contributed by atoms with E-state index in [1.54, 1.807) is 20.8 Å². The molecule has 0 fully saturated rings. The molecule has 0 amide bonds. The highest BCUT2D eigenvalue weighted by molar-refractivity contribution is 7.89. The number of hydrogen-bond acceptors (Lipinski definition) is 7. The van der Waals surface area contributed by atoms with Gasteiger partial charge in [0.05, 0.1) is 6.61 Å². The fourth-order valence-electron chi connectivity index (χ4n) is 4.28. The number of nitrogens with one attached hydrogen (secondary N) is 2. The van der Waals surface area contributed by atoms with E-state index in [1.165, 1.54) is 24.3 Å². The zero-order valence-corrected chi connectivity index (χ0v) is 21.3. The maximum Gasteiger partial charge on any atom is 0.434 e. The van der Waals surface area contributed by atoms with Crippen LogP contribution in [-0.4, -0.2) is 25.2 Å². The van der Waals surface area contributed by atoms with E-state index in [9.17, 15) is 17.6 Å². The highest BCUT2D eigenvalue weighted by atomic mass is 35.5. The third-order valence-electron chi connectivity index (χ3n) is 6.15. The van der Waals surface area contributed by atoms with E-state index >= 15 is 0 Å². The molecular formula is C22H23Cl2FN4O5S. The van der Waals surface area contributed by atoms with Gasteiger partial charge in [-0.25, -0.2) is 22.7 Å². The lowest BCUT2D eigenvalue weighted by Gasteiger charge is -2.34. The number of hydrogen-bond donors (Lipinski definition) is 3. The Hall–Kier alpha value is -2.44. The van der Waals surface area contributed by atoms with Crippen molar-refractivity contribution in [3.63, 3.8) is 0 Å². The van der Waals surface area contributed by atoms with E-state index in [0.717, 1.165) is 0 Å². The van der Waals surface area contributed by atoms with Crippen molar-refractivity contribution >= 4 is 33.2 Å². The van der Waals surface area contributed by atoms with Gasteiger partial charge in [0.2, 0.25) is 15.9 Å². The minimum atomic E-state index is -4.36. The summed E-state index contributed by atoms with van der Waals surface area (Å²) in [5.41, 5.74) is 6.36. The van der Waals surface area contributed by atoms with Gasteiger partial charge in [0.15, 0.2) is 0 Å². The summed E-state index contributed by atoms with van der Waals surface area (Å²) in [6, 6.07) is 4.00. The highest BCUT2D eigenvalue weighted by Crippen LogP contribution is 2.44. The Morgan fingerprint density at radius 1 is 1.26 bits per heavy atom. The molecule has 1 aromatic heterocycles. The smallest absolute Gasteiger partial charge is 0.434 e. The number of nitrogens with two attached hydrogens (primary N) is 1. The maximum absolute atomic E-state index is 14.9. The molecule has 0 spiro atoms. The van der Waals surface area contributed by atoms with Crippen LogP contribution < -0.4 is 20.9 Å². The van der Waals surface area contributed by atoms with E-state index in [-0.39, 0.29) is 33.7 Å². The molecule has 4 rings (SSSR count). The molecule has 0 aliphatic carbocycles. The Morgan fingerprint density at radius 3 is 2.60 bits per heavy atom. The zero-order valence-electron chi connectivity index (χ0n) is 19.0. The summed E-state index contributed by atoms with van der Waals surface area (Å²) in [5.74, 6) is -2.64. The van der Waals surface area contributed by atoms with E-state index in [4.69, 9.17) is 38.1 Å². The second kappa shape index (κ2) is 9.21. The lowest BCUT2D eigenvalue weighted by atomic mass is 9.87. The molecule has 2 aromatic carbocycles. The second-order valence-electron chi connectivity index (χ2n) is 8.67. The van der Waals surface area contributed by atoms with Crippen molar-refractivity contribution in [3.8, 4) is 5.75 Å². The van der Waals surface area contributed by atoms with Gasteiger partial charge in [-0.15, -0.1) is 5.10 Å². The molecule has 35 heavy (non-hydrogen) atoms. The van der Waals surface area contributed by atoms with Crippen molar-refractivity contribution in [1.82, 2.24) is 14.9 Å². The summed E-state index contributed by atoms with van der Waals surface area (Å²) >= 11 is 12.5. The summed E-state index contributed by atoms with van der Waals surface area (Å²) in [6.45, 7) is 5.09. The lowest BCUT2D eigenvalue weighted by Crippen LogP contribution is -2.40. The first-order chi connectivity index (χ1) is 16.3. The van der Waals surface area contributed by atoms with Gasteiger partial charge < -0.3 is 14.9 Å². The molecule has 1 aliphatic rings. The normalized spacial score (nSPS) is 19.6. The summed E-state index contributed by atoms with van der Waals surface area (Å²) in [7, 11) is -4.36. The topological polar surface area (TPSA) is 140 Å². The second-order valence-corrected chi connectivity index (χ2v) is 11.2. The van der Waals surface area contributed by atoms with Crippen LogP contribution in [0, 0.1) is 12.7 Å². The summed E-state index contributed by atoms with van der Waals surface area (Å²) in [5, 5.41) is 6.45. The average Bonchev–Trinajstić information content (AvgIpc) is 3.20. The predicted molar refractivity (Wildman–Crippen MR) is 128 cm³/mol. The molecule has 4 N–H and O–H groups in total. The Labute approximate surface area is 210 Å². The van der Waals surface area contributed by atoms with Crippen molar-refractivity contribution in [2.24, 2.45) is 5.73 Å². The van der Waals surface area contributed by atoms with E-state index in [0.29, 0.717) is 22.6 Å². The van der Waals surface area contributed by atoms with Gasteiger partial charge in [-0.2, -0.15) is 4.72 Å². The fourth-order valence-corrected chi connectivity index (χ4v) is 6.23. The first kappa shape index (κ1) is 25.6. The van der Waals surface area contributed by atoms with Crippen molar-refractivity contribution in [2.75, 3.05) is 6.61 Å². The highest BCUT2D eigenvalue weighted by Gasteiger charge is 2.39. The first-order valence-corrected chi connectivity index (χ1v) is 12.8. The number of aromatic nitrogens is 2. The molecule has 0 saturated carbocycles. The van der Waals surface area contributed by atoms with Crippen LogP contribution in [0.25, 0.3) is 0 Å². The van der Waals surface area contributed by atoms with Crippen molar-refractivity contribution in [2.45, 2.75) is 49.6 Å². The van der Waals surface area contributed by atoms with Crippen LogP contribution in [0.3, 0.4) is 0 Å². The number of sulfonamides is 1. The Morgan fingerprint density at radius 2 is 1.94 bits per heavy atom. The van der Waals surface area contributed by atoms with Gasteiger partial charge in [0, 0.05) is 33.5 Å². The largest absolute Gasteiger partial charge is 0.492 e. The number of ether oxygens (including phenoxy) is 1. The molecule has 3 aromatic rings. The summed E-state index contributed by atoms with van der Waals surface area (Å²) in [6.07, 6.45) is 0.433. The molecule has 0 bridgehead atoms. The fraction of sp³-hybridized carbons (Fsp3) is 0.364. The number of H-pyrrole nitrogens is 1. The number of nitrogens with zero attached hydrogens (tertiary/aromatic N) is 1. The maximum atomic E-state index is 14.9. The Kier molecular flexibility index (Phi) is 6.75. The van der Waals surface area contributed by atoms with Gasteiger partial charge in [-0.3, -0.25) is 0 Å². The first-order valence-electron chi connectivity index (χ1n) is 10.6. The van der Waals surface area contributed by atoms with Crippen molar-refractivity contribution in [3.05, 3.63) is 73.3 Å². The zero-order chi connectivity index (χ0) is 25.7. The van der Waals surface area contributed by atoms with E-state index < -0.39 is 39.1 Å². The van der Waals surface area contributed by atoms with Crippen LogP contribution in [0.1, 0.15) is 54.8 Å². The summed E-state index contributed by atoms with van der Waals surface area (Å²) < 4.78 is 55.4. The van der Waals surface area contributed by atoms with Gasteiger partial charge in [-0.05, 0) is 49.2 Å². The molecule has 188 valence electrons. The predicted octanol–water partition coefficient (Wildman–Crippen LogP) is 3.90. The average molecular weight is 545 g/mol. The number of benzene rings is 2. The molecule has 13 heteroatoms. The summed E-state index contributed by atoms with van der Waals surface area (Å²) in [4.78, 5) is 11.5. The molecule has 2 heterocycles. The molecular weight excluding hydrogens is 522 g/mol. The monoisotopic (exact) mass is 544 g/mol. The molecule has 0 radical (unpaired) electrons. The molecule has 9 nitrogen and oxygen atoms in total. The van der Waals surface area contributed by atoms with E-state index in [2.05, 4.69) is 14.9 Å². The molecule has 1 aliphatic heterocycles. The number of rotatable bonds is 6. The van der Waals surface area contributed by atoms with Crippen LogP contribution >= 0.6 is 23.2 Å². The quantitative estimate of drug-likeness (QED) is 0.427. The van der Waals surface area contributed by atoms with E-state index in [1.807, 2.05) is 0 Å².